The van der Waals surface area contributed by atoms with Gasteiger partial charge in [-0.05, 0) is 19.1 Å². The summed E-state index contributed by atoms with van der Waals surface area (Å²) in [5.74, 6) is 0.592. The number of sulfonamides is 1. The Labute approximate surface area is 140 Å². The van der Waals surface area contributed by atoms with Crippen LogP contribution in [0.15, 0.2) is 29.2 Å². The van der Waals surface area contributed by atoms with E-state index < -0.39 is 22.5 Å². The van der Waals surface area contributed by atoms with Crippen LogP contribution in [0.25, 0.3) is 0 Å². The van der Waals surface area contributed by atoms with Crippen molar-refractivity contribution in [2.24, 2.45) is 7.05 Å². The second-order valence-corrected chi connectivity index (χ2v) is 7.01. The van der Waals surface area contributed by atoms with Gasteiger partial charge in [-0.3, -0.25) is 4.79 Å². The first kappa shape index (κ1) is 18.1. The zero-order chi connectivity index (χ0) is 17.7. The molecule has 130 valence electrons. The molecule has 0 aliphatic heterocycles. The van der Waals surface area contributed by atoms with E-state index in [4.69, 9.17) is 4.74 Å². The Hall–Kier alpha value is -2.26. The van der Waals surface area contributed by atoms with Gasteiger partial charge in [0.05, 0.1) is 4.90 Å². The van der Waals surface area contributed by atoms with Crippen molar-refractivity contribution in [2.75, 3.05) is 6.54 Å². The van der Waals surface area contributed by atoms with Crippen LogP contribution in [0.2, 0.25) is 0 Å². The first-order valence-electron chi connectivity index (χ1n) is 7.42. The summed E-state index contributed by atoms with van der Waals surface area (Å²) in [7, 11) is -1.97. The number of carbonyl (C=O) groups is 1. The van der Waals surface area contributed by atoms with E-state index >= 15 is 0 Å². The second-order valence-electron chi connectivity index (χ2n) is 5.24. The van der Waals surface area contributed by atoms with E-state index in [0.717, 1.165) is 11.4 Å². The van der Waals surface area contributed by atoms with Crippen molar-refractivity contribution in [3.63, 3.8) is 0 Å². The minimum absolute atomic E-state index is 0.0609. The Morgan fingerprint density at radius 2 is 1.83 bits per heavy atom. The summed E-state index contributed by atoms with van der Waals surface area (Å²) < 4.78 is 33.1. The maximum Gasteiger partial charge on any atom is 0.321 e. The van der Waals surface area contributed by atoms with Crippen LogP contribution in [0.1, 0.15) is 24.1 Å². The predicted octanol–water partition coefficient (Wildman–Crippen LogP) is 0.708. The van der Waals surface area contributed by atoms with Crippen LogP contribution in [0, 0.1) is 6.92 Å². The van der Waals surface area contributed by atoms with Crippen LogP contribution >= 0.6 is 0 Å². The molecule has 0 atom stereocenters. The van der Waals surface area contributed by atoms with Gasteiger partial charge in [0.15, 0.2) is 12.4 Å². The number of hydrogen-bond donors (Lipinski definition) is 1. The quantitative estimate of drug-likeness (QED) is 0.736. The van der Waals surface area contributed by atoms with Crippen molar-refractivity contribution in [2.45, 2.75) is 31.8 Å². The van der Waals surface area contributed by atoms with Crippen LogP contribution in [0.4, 0.5) is 0 Å². The third kappa shape index (κ3) is 4.39. The molecule has 0 radical (unpaired) electrons. The molecule has 1 aromatic heterocycles. The van der Waals surface area contributed by atoms with E-state index in [2.05, 4.69) is 14.9 Å². The summed E-state index contributed by atoms with van der Waals surface area (Å²) in [6.07, 6.45) is 0.716. The van der Waals surface area contributed by atoms with Crippen LogP contribution in [-0.2, 0) is 39.6 Å². The van der Waals surface area contributed by atoms with E-state index in [1.165, 1.54) is 12.1 Å². The lowest BCUT2D eigenvalue weighted by atomic mass is 10.2. The first-order chi connectivity index (χ1) is 11.3. The number of aromatic nitrogens is 3. The Balaban J connectivity index is 1.88. The summed E-state index contributed by atoms with van der Waals surface area (Å²) in [4.78, 5) is 11.8. The molecule has 1 heterocycles. The average Bonchev–Trinajstić information content (AvgIpc) is 2.91. The molecule has 2 rings (SSSR count). The molecule has 0 amide bonds. The van der Waals surface area contributed by atoms with Crippen molar-refractivity contribution < 1.29 is 17.9 Å². The summed E-state index contributed by atoms with van der Waals surface area (Å²) in [5, 5.41) is 7.87. The number of nitrogens with one attached hydrogen (secondary N) is 1. The van der Waals surface area contributed by atoms with Crippen LogP contribution in [0.3, 0.4) is 0 Å². The Kier molecular flexibility index (Phi) is 5.68. The van der Waals surface area contributed by atoms with Crippen LogP contribution < -0.4 is 4.72 Å². The fourth-order valence-electron chi connectivity index (χ4n) is 1.98. The minimum atomic E-state index is -3.75. The minimum Gasteiger partial charge on any atom is -0.456 e. The topological polar surface area (TPSA) is 103 Å². The lowest BCUT2D eigenvalue weighted by molar-refractivity contribution is -0.143. The van der Waals surface area contributed by atoms with Gasteiger partial charge in [-0.2, -0.15) is 4.72 Å². The fourth-order valence-corrected chi connectivity index (χ4v) is 2.95. The maximum atomic E-state index is 12.1. The summed E-state index contributed by atoms with van der Waals surface area (Å²) in [6.45, 7) is 3.29. The molecule has 0 saturated heterocycles. The number of aryl methyl sites for hydroxylation is 2. The number of ether oxygens (including phenoxy) is 1. The lowest BCUT2D eigenvalue weighted by Gasteiger charge is -2.08. The molecule has 0 bridgehead atoms. The highest BCUT2D eigenvalue weighted by molar-refractivity contribution is 7.89. The molecule has 0 aliphatic rings. The number of nitrogens with zero attached hydrogens (tertiary/aromatic N) is 3. The zero-order valence-corrected chi connectivity index (χ0v) is 14.6. The number of hydrogen-bond acceptors (Lipinski definition) is 6. The van der Waals surface area contributed by atoms with Gasteiger partial charge in [0.25, 0.3) is 0 Å². The van der Waals surface area contributed by atoms with Crippen LogP contribution in [0.5, 0.6) is 0 Å². The van der Waals surface area contributed by atoms with Gasteiger partial charge < -0.3 is 9.30 Å². The fraction of sp³-hybridized carbons (Fsp3) is 0.400. The second kappa shape index (κ2) is 7.54. The molecule has 1 aromatic carbocycles. The van der Waals surface area contributed by atoms with Crippen LogP contribution in [-0.4, -0.2) is 35.7 Å². The molecule has 0 fully saturated rings. The molecular weight excluding hydrogens is 332 g/mol. The van der Waals surface area contributed by atoms with Gasteiger partial charge in [0.1, 0.15) is 12.4 Å². The first-order valence-corrected chi connectivity index (χ1v) is 8.91. The Bertz CT molecular complexity index is 812. The molecule has 0 spiro atoms. The highest BCUT2D eigenvalue weighted by Crippen LogP contribution is 2.09. The van der Waals surface area contributed by atoms with E-state index in [-0.39, 0.29) is 11.5 Å². The average molecular weight is 352 g/mol. The monoisotopic (exact) mass is 352 g/mol. The van der Waals surface area contributed by atoms with E-state index in [9.17, 15) is 13.2 Å². The molecule has 9 heteroatoms. The Morgan fingerprint density at radius 3 is 2.42 bits per heavy atom. The van der Waals surface area contributed by atoms with E-state index in [0.29, 0.717) is 12.2 Å². The molecule has 1 N–H and O–H groups in total. The third-order valence-corrected chi connectivity index (χ3v) is 4.89. The van der Waals surface area contributed by atoms with Gasteiger partial charge >= 0.3 is 5.97 Å². The molecule has 24 heavy (non-hydrogen) atoms. The highest BCUT2D eigenvalue weighted by atomic mass is 32.2. The van der Waals surface area contributed by atoms with Crippen molar-refractivity contribution in [1.82, 2.24) is 19.5 Å². The van der Waals surface area contributed by atoms with E-state index in [1.54, 1.807) is 23.7 Å². The predicted molar refractivity (Wildman–Crippen MR) is 86.5 cm³/mol. The molecular formula is C15H20N4O4S. The van der Waals surface area contributed by atoms with Crippen molar-refractivity contribution in [1.29, 1.82) is 0 Å². The number of rotatable bonds is 7. The molecule has 0 saturated carbocycles. The van der Waals surface area contributed by atoms with Gasteiger partial charge in [0.2, 0.25) is 10.0 Å². The standard InChI is InChI=1S/C15H20N4O4S/c1-4-13-17-18-14(19(13)3)10-23-15(20)9-16-24(21,22)12-7-5-11(2)6-8-12/h5-8,16H,4,9-10H2,1-3H3. The van der Waals surface area contributed by atoms with Crippen molar-refractivity contribution in [3.05, 3.63) is 41.5 Å². The van der Waals surface area contributed by atoms with Gasteiger partial charge in [-0.1, -0.05) is 24.6 Å². The number of esters is 1. The molecule has 0 unspecified atom stereocenters. The van der Waals surface area contributed by atoms with Crippen molar-refractivity contribution in [3.8, 4) is 0 Å². The normalized spacial score (nSPS) is 11.5. The number of benzene rings is 1. The van der Waals surface area contributed by atoms with Gasteiger partial charge in [-0.25, -0.2) is 8.42 Å². The maximum absolute atomic E-state index is 12.1. The highest BCUT2D eigenvalue weighted by Gasteiger charge is 2.16. The largest absolute Gasteiger partial charge is 0.456 e. The third-order valence-electron chi connectivity index (χ3n) is 3.47. The SMILES string of the molecule is CCc1nnc(COC(=O)CNS(=O)(=O)c2ccc(C)cc2)n1C. The van der Waals surface area contributed by atoms with Gasteiger partial charge in [0, 0.05) is 13.5 Å². The summed E-state index contributed by atoms with van der Waals surface area (Å²) >= 11 is 0. The lowest BCUT2D eigenvalue weighted by Crippen LogP contribution is -2.30. The molecule has 8 nitrogen and oxygen atoms in total. The van der Waals surface area contributed by atoms with Crippen molar-refractivity contribution >= 4 is 16.0 Å². The molecule has 0 aliphatic carbocycles. The number of carbonyl (C=O) groups excluding carboxylic acids is 1. The summed E-state index contributed by atoms with van der Waals surface area (Å²) in [5.41, 5.74) is 0.948. The smallest absolute Gasteiger partial charge is 0.321 e. The van der Waals surface area contributed by atoms with E-state index in [1.807, 2.05) is 13.8 Å². The molecule has 2 aromatic rings. The van der Waals surface area contributed by atoms with Gasteiger partial charge in [-0.15, -0.1) is 10.2 Å². The summed E-state index contributed by atoms with van der Waals surface area (Å²) in [6, 6.07) is 6.34. The zero-order valence-electron chi connectivity index (χ0n) is 13.8. The Morgan fingerprint density at radius 1 is 1.21 bits per heavy atom.